The SMILES string of the molecule is COc1ncccc1CN1Cc2ccnn2C(CNC(=O)c2ccco2)C1. The Balaban J connectivity index is 1.46. The van der Waals surface area contributed by atoms with E-state index < -0.39 is 0 Å². The molecule has 0 aliphatic carbocycles. The van der Waals surface area contributed by atoms with Gasteiger partial charge in [-0.05, 0) is 24.3 Å². The molecule has 0 aromatic carbocycles. The molecular formula is C19H21N5O3. The van der Waals surface area contributed by atoms with Gasteiger partial charge in [-0.15, -0.1) is 0 Å². The summed E-state index contributed by atoms with van der Waals surface area (Å²) in [5.41, 5.74) is 2.15. The molecule has 1 amide bonds. The Morgan fingerprint density at radius 2 is 2.26 bits per heavy atom. The normalized spacial score (nSPS) is 16.7. The highest BCUT2D eigenvalue weighted by molar-refractivity contribution is 5.91. The molecule has 1 atom stereocenters. The number of hydrogen-bond donors (Lipinski definition) is 1. The number of methoxy groups -OCH3 is 1. The Morgan fingerprint density at radius 3 is 3.07 bits per heavy atom. The third-order valence-corrected chi connectivity index (χ3v) is 4.63. The van der Waals surface area contributed by atoms with E-state index in [1.54, 1.807) is 31.6 Å². The van der Waals surface area contributed by atoms with E-state index >= 15 is 0 Å². The number of furan rings is 1. The topological polar surface area (TPSA) is 85.4 Å². The number of carbonyl (C=O) groups is 1. The van der Waals surface area contributed by atoms with Crippen molar-refractivity contribution in [2.75, 3.05) is 20.2 Å². The minimum Gasteiger partial charge on any atom is -0.481 e. The Hall–Kier alpha value is -3.13. The van der Waals surface area contributed by atoms with Crippen LogP contribution >= 0.6 is 0 Å². The lowest BCUT2D eigenvalue weighted by Gasteiger charge is -2.34. The predicted octanol–water partition coefficient (Wildman–Crippen LogP) is 1.87. The van der Waals surface area contributed by atoms with Crippen LogP contribution in [0.1, 0.15) is 27.9 Å². The van der Waals surface area contributed by atoms with Crippen LogP contribution in [0.15, 0.2) is 53.4 Å². The average Bonchev–Trinajstić information content (AvgIpc) is 3.38. The summed E-state index contributed by atoms with van der Waals surface area (Å²) >= 11 is 0. The van der Waals surface area contributed by atoms with Gasteiger partial charge in [0, 0.05) is 44.1 Å². The largest absolute Gasteiger partial charge is 0.481 e. The molecule has 0 saturated carbocycles. The van der Waals surface area contributed by atoms with Gasteiger partial charge in [0.05, 0.1) is 25.1 Å². The number of ether oxygens (including phenoxy) is 1. The fourth-order valence-electron chi connectivity index (χ4n) is 3.41. The lowest BCUT2D eigenvalue weighted by molar-refractivity contribution is 0.0904. The number of rotatable bonds is 6. The fourth-order valence-corrected chi connectivity index (χ4v) is 3.41. The van der Waals surface area contributed by atoms with Crippen molar-refractivity contribution in [3.63, 3.8) is 0 Å². The maximum Gasteiger partial charge on any atom is 0.287 e. The molecule has 8 nitrogen and oxygen atoms in total. The van der Waals surface area contributed by atoms with E-state index in [1.807, 2.05) is 22.9 Å². The van der Waals surface area contributed by atoms with Gasteiger partial charge in [-0.2, -0.15) is 5.10 Å². The zero-order chi connectivity index (χ0) is 18.6. The molecule has 4 heterocycles. The standard InChI is InChI=1S/C19H21N5O3/c1-26-19-14(4-2-7-20-19)11-23-12-15-6-8-22-24(15)16(13-23)10-21-18(25)17-5-3-9-27-17/h2-9,16H,10-13H2,1H3,(H,21,25). The van der Waals surface area contributed by atoms with Crippen molar-refractivity contribution < 1.29 is 13.9 Å². The van der Waals surface area contributed by atoms with Crippen molar-refractivity contribution in [3.8, 4) is 5.88 Å². The first-order valence-electron chi connectivity index (χ1n) is 8.79. The summed E-state index contributed by atoms with van der Waals surface area (Å²) in [7, 11) is 1.63. The molecule has 0 saturated heterocycles. The van der Waals surface area contributed by atoms with E-state index in [9.17, 15) is 4.79 Å². The van der Waals surface area contributed by atoms with Crippen molar-refractivity contribution in [1.29, 1.82) is 0 Å². The highest BCUT2D eigenvalue weighted by Crippen LogP contribution is 2.24. The van der Waals surface area contributed by atoms with Gasteiger partial charge >= 0.3 is 0 Å². The second-order valence-electron chi connectivity index (χ2n) is 6.45. The van der Waals surface area contributed by atoms with Gasteiger partial charge in [0.25, 0.3) is 5.91 Å². The van der Waals surface area contributed by atoms with Crippen LogP contribution in [-0.4, -0.2) is 45.8 Å². The van der Waals surface area contributed by atoms with E-state index in [0.717, 1.165) is 24.3 Å². The fraction of sp³-hybridized carbons (Fsp3) is 0.316. The van der Waals surface area contributed by atoms with Gasteiger partial charge in [0.2, 0.25) is 5.88 Å². The zero-order valence-electron chi connectivity index (χ0n) is 15.0. The molecule has 1 unspecified atom stereocenters. The summed E-state index contributed by atoms with van der Waals surface area (Å²) in [6.45, 7) is 2.71. The first-order chi connectivity index (χ1) is 13.2. The maximum atomic E-state index is 12.2. The smallest absolute Gasteiger partial charge is 0.287 e. The van der Waals surface area contributed by atoms with E-state index in [0.29, 0.717) is 24.7 Å². The minimum atomic E-state index is -0.222. The van der Waals surface area contributed by atoms with E-state index in [1.165, 1.54) is 6.26 Å². The van der Waals surface area contributed by atoms with Crippen LogP contribution in [0, 0.1) is 0 Å². The Kier molecular flexibility index (Phi) is 4.88. The molecule has 0 spiro atoms. The van der Waals surface area contributed by atoms with Crippen molar-refractivity contribution >= 4 is 5.91 Å². The van der Waals surface area contributed by atoms with Gasteiger partial charge in [-0.1, -0.05) is 6.07 Å². The van der Waals surface area contributed by atoms with Crippen LogP contribution in [0.5, 0.6) is 5.88 Å². The van der Waals surface area contributed by atoms with Crippen LogP contribution in [0.2, 0.25) is 0 Å². The molecule has 0 fully saturated rings. The van der Waals surface area contributed by atoms with Crippen molar-refractivity contribution in [3.05, 3.63) is 66.0 Å². The van der Waals surface area contributed by atoms with Crippen LogP contribution in [-0.2, 0) is 13.1 Å². The number of aromatic nitrogens is 3. The highest BCUT2D eigenvalue weighted by Gasteiger charge is 2.27. The predicted molar refractivity (Wildman–Crippen MR) is 97.2 cm³/mol. The Labute approximate surface area is 156 Å². The molecule has 1 aliphatic rings. The third kappa shape index (κ3) is 3.70. The van der Waals surface area contributed by atoms with Crippen LogP contribution in [0.3, 0.4) is 0 Å². The lowest BCUT2D eigenvalue weighted by Crippen LogP contribution is -2.42. The van der Waals surface area contributed by atoms with Gasteiger partial charge in [0.15, 0.2) is 5.76 Å². The summed E-state index contributed by atoms with van der Waals surface area (Å²) in [6.07, 6.45) is 5.01. The number of nitrogens with one attached hydrogen (secondary N) is 1. The van der Waals surface area contributed by atoms with E-state index in [-0.39, 0.29) is 11.9 Å². The number of nitrogens with zero attached hydrogens (tertiary/aromatic N) is 4. The van der Waals surface area contributed by atoms with Gasteiger partial charge in [0.1, 0.15) is 0 Å². The quantitative estimate of drug-likeness (QED) is 0.716. The molecule has 1 aliphatic heterocycles. The molecule has 140 valence electrons. The van der Waals surface area contributed by atoms with Gasteiger partial charge in [-0.25, -0.2) is 4.98 Å². The monoisotopic (exact) mass is 367 g/mol. The first-order valence-corrected chi connectivity index (χ1v) is 8.79. The van der Waals surface area contributed by atoms with Crippen molar-refractivity contribution in [2.24, 2.45) is 0 Å². The van der Waals surface area contributed by atoms with Crippen LogP contribution < -0.4 is 10.1 Å². The second-order valence-corrected chi connectivity index (χ2v) is 6.45. The molecule has 4 rings (SSSR count). The Bertz CT molecular complexity index is 906. The second kappa shape index (κ2) is 7.63. The zero-order valence-corrected chi connectivity index (χ0v) is 15.0. The number of fused-ring (bicyclic) bond motifs is 1. The van der Waals surface area contributed by atoms with Crippen molar-refractivity contribution in [2.45, 2.75) is 19.1 Å². The molecule has 27 heavy (non-hydrogen) atoms. The summed E-state index contributed by atoms with van der Waals surface area (Å²) in [4.78, 5) is 18.8. The van der Waals surface area contributed by atoms with Crippen LogP contribution in [0.4, 0.5) is 0 Å². The molecule has 3 aromatic rings. The summed E-state index contributed by atoms with van der Waals surface area (Å²) in [5, 5.41) is 7.37. The van der Waals surface area contributed by atoms with Gasteiger partial charge in [-0.3, -0.25) is 14.4 Å². The third-order valence-electron chi connectivity index (χ3n) is 4.63. The highest BCUT2D eigenvalue weighted by atomic mass is 16.5. The Morgan fingerprint density at radius 1 is 1.33 bits per heavy atom. The molecule has 0 radical (unpaired) electrons. The molecular weight excluding hydrogens is 346 g/mol. The molecule has 1 N–H and O–H groups in total. The average molecular weight is 367 g/mol. The van der Waals surface area contributed by atoms with Crippen molar-refractivity contribution in [1.82, 2.24) is 25.0 Å². The number of hydrogen-bond acceptors (Lipinski definition) is 6. The summed E-state index contributed by atoms with van der Waals surface area (Å²) in [5.74, 6) is 0.725. The molecule has 8 heteroatoms. The minimum absolute atomic E-state index is 0.0327. The number of amides is 1. The van der Waals surface area contributed by atoms with Gasteiger partial charge < -0.3 is 14.5 Å². The summed E-state index contributed by atoms with van der Waals surface area (Å²) in [6, 6.07) is 9.32. The molecule has 0 bridgehead atoms. The lowest BCUT2D eigenvalue weighted by atomic mass is 10.1. The maximum absolute atomic E-state index is 12.2. The first kappa shape index (κ1) is 17.3. The van der Waals surface area contributed by atoms with E-state index in [2.05, 4.69) is 20.3 Å². The number of pyridine rings is 1. The van der Waals surface area contributed by atoms with E-state index in [4.69, 9.17) is 9.15 Å². The molecule has 3 aromatic heterocycles. The number of carbonyl (C=O) groups excluding carboxylic acids is 1. The summed E-state index contributed by atoms with van der Waals surface area (Å²) < 4.78 is 12.5. The van der Waals surface area contributed by atoms with Crippen LogP contribution in [0.25, 0.3) is 0 Å².